The van der Waals surface area contributed by atoms with E-state index in [-0.39, 0.29) is 17.9 Å². The van der Waals surface area contributed by atoms with Crippen molar-refractivity contribution in [3.05, 3.63) is 57.5 Å². The summed E-state index contributed by atoms with van der Waals surface area (Å²) in [7, 11) is 0. The number of hydrogen-bond donors (Lipinski definition) is 1. The van der Waals surface area contributed by atoms with Gasteiger partial charge in [0, 0.05) is 30.3 Å². The molecule has 0 radical (unpaired) electrons. The topological polar surface area (TPSA) is 75.7 Å². The van der Waals surface area contributed by atoms with Gasteiger partial charge in [-0.3, -0.25) is 14.6 Å². The number of halogens is 3. The standard InChI is InChI=1S/C15H14F3N3O2/c1-8(11-4-3-10(7-19-11)15(16,17)18)5-13(22)12-6-14(23)21-9(2)20-12/h3-4,6-8H,5H2,1-2H3,(H,20,21,23). The predicted molar refractivity (Wildman–Crippen MR) is 76.2 cm³/mol. The molecule has 1 atom stereocenters. The second kappa shape index (κ2) is 6.31. The van der Waals surface area contributed by atoms with Gasteiger partial charge < -0.3 is 4.98 Å². The minimum absolute atomic E-state index is 0.00570. The van der Waals surface area contributed by atoms with Gasteiger partial charge in [-0.25, -0.2) is 4.98 Å². The van der Waals surface area contributed by atoms with Crippen molar-refractivity contribution in [2.75, 3.05) is 0 Å². The molecular weight excluding hydrogens is 311 g/mol. The SMILES string of the molecule is Cc1nc(C(=O)CC(C)c2ccc(C(F)(F)F)cn2)cc(=O)[nH]1. The maximum atomic E-state index is 12.5. The average molecular weight is 325 g/mol. The van der Waals surface area contributed by atoms with Crippen molar-refractivity contribution < 1.29 is 18.0 Å². The van der Waals surface area contributed by atoms with E-state index in [1.807, 2.05) is 0 Å². The summed E-state index contributed by atoms with van der Waals surface area (Å²) in [5, 5.41) is 0. The highest BCUT2D eigenvalue weighted by Gasteiger charge is 2.30. The van der Waals surface area contributed by atoms with Crippen molar-refractivity contribution >= 4 is 5.78 Å². The van der Waals surface area contributed by atoms with Crippen molar-refractivity contribution in [1.29, 1.82) is 0 Å². The zero-order valence-corrected chi connectivity index (χ0v) is 12.4. The van der Waals surface area contributed by atoms with Crippen LogP contribution in [0, 0.1) is 6.92 Å². The maximum Gasteiger partial charge on any atom is 0.417 e. The molecule has 2 rings (SSSR count). The Morgan fingerprint density at radius 3 is 2.57 bits per heavy atom. The number of nitrogens with one attached hydrogen (secondary N) is 1. The van der Waals surface area contributed by atoms with Gasteiger partial charge in [-0.05, 0) is 19.1 Å². The molecule has 0 saturated heterocycles. The number of ketones is 1. The van der Waals surface area contributed by atoms with E-state index in [0.29, 0.717) is 11.5 Å². The largest absolute Gasteiger partial charge is 0.417 e. The highest BCUT2D eigenvalue weighted by Crippen LogP contribution is 2.29. The number of carbonyl (C=O) groups is 1. The number of aromatic nitrogens is 3. The number of pyridine rings is 1. The second-order valence-electron chi connectivity index (χ2n) is 5.21. The first-order valence-corrected chi connectivity index (χ1v) is 6.81. The third-order valence-electron chi connectivity index (χ3n) is 3.26. The van der Waals surface area contributed by atoms with Crippen molar-refractivity contribution in [3.8, 4) is 0 Å². The molecule has 122 valence electrons. The lowest BCUT2D eigenvalue weighted by atomic mass is 9.98. The van der Waals surface area contributed by atoms with Crippen LogP contribution in [0.25, 0.3) is 0 Å². The Morgan fingerprint density at radius 2 is 2.04 bits per heavy atom. The van der Waals surface area contributed by atoms with E-state index < -0.39 is 23.2 Å². The Labute approximate surface area is 129 Å². The Kier molecular flexibility index (Phi) is 4.63. The van der Waals surface area contributed by atoms with E-state index in [9.17, 15) is 22.8 Å². The number of H-pyrrole nitrogens is 1. The van der Waals surface area contributed by atoms with Crippen LogP contribution < -0.4 is 5.56 Å². The Balaban J connectivity index is 2.13. The molecule has 0 bridgehead atoms. The van der Waals surface area contributed by atoms with Gasteiger partial charge in [0.15, 0.2) is 5.78 Å². The van der Waals surface area contributed by atoms with Crippen LogP contribution in [-0.2, 0) is 6.18 Å². The molecule has 1 N–H and O–H groups in total. The van der Waals surface area contributed by atoms with Crippen LogP contribution in [0.1, 0.15) is 46.8 Å². The molecular formula is C15H14F3N3O2. The maximum absolute atomic E-state index is 12.5. The molecule has 23 heavy (non-hydrogen) atoms. The van der Waals surface area contributed by atoms with Crippen LogP contribution in [0.4, 0.5) is 13.2 Å². The van der Waals surface area contributed by atoms with Crippen LogP contribution in [0.3, 0.4) is 0 Å². The number of aromatic amines is 1. The van der Waals surface area contributed by atoms with Gasteiger partial charge in [0.25, 0.3) is 5.56 Å². The van der Waals surface area contributed by atoms with Gasteiger partial charge >= 0.3 is 6.18 Å². The highest BCUT2D eigenvalue weighted by atomic mass is 19.4. The summed E-state index contributed by atoms with van der Waals surface area (Å²) in [6, 6.07) is 3.28. The lowest BCUT2D eigenvalue weighted by Crippen LogP contribution is -2.16. The number of aryl methyl sites for hydroxylation is 1. The van der Waals surface area contributed by atoms with Gasteiger partial charge in [0.05, 0.1) is 5.56 Å². The summed E-state index contributed by atoms with van der Waals surface area (Å²) in [5.74, 6) is -0.444. The molecule has 0 fully saturated rings. The molecule has 0 aromatic carbocycles. The molecule has 0 spiro atoms. The summed E-state index contributed by atoms with van der Waals surface area (Å²) >= 11 is 0. The lowest BCUT2D eigenvalue weighted by Gasteiger charge is -2.12. The van der Waals surface area contributed by atoms with Crippen molar-refractivity contribution in [2.24, 2.45) is 0 Å². The van der Waals surface area contributed by atoms with Crippen molar-refractivity contribution in [1.82, 2.24) is 15.0 Å². The molecule has 2 aromatic rings. The molecule has 0 amide bonds. The molecule has 8 heteroatoms. The number of Topliss-reactive ketones (excluding diaryl/α,β-unsaturated/α-hetero) is 1. The summed E-state index contributed by atoms with van der Waals surface area (Å²) < 4.78 is 37.5. The normalized spacial score (nSPS) is 12.9. The third-order valence-corrected chi connectivity index (χ3v) is 3.26. The second-order valence-corrected chi connectivity index (χ2v) is 5.21. The Hall–Kier alpha value is -2.51. The fourth-order valence-electron chi connectivity index (χ4n) is 2.07. The Morgan fingerprint density at radius 1 is 1.35 bits per heavy atom. The average Bonchev–Trinajstić information content (AvgIpc) is 2.45. The Bertz CT molecular complexity index is 767. The first-order valence-electron chi connectivity index (χ1n) is 6.81. The monoisotopic (exact) mass is 325 g/mol. The summed E-state index contributed by atoms with van der Waals surface area (Å²) in [6.45, 7) is 3.23. The predicted octanol–water partition coefficient (Wildman–Crippen LogP) is 2.87. The quantitative estimate of drug-likeness (QED) is 0.877. The third kappa shape index (κ3) is 4.24. The molecule has 0 saturated carbocycles. The van der Waals surface area contributed by atoms with E-state index >= 15 is 0 Å². The first-order chi connectivity index (χ1) is 10.7. The molecule has 5 nitrogen and oxygen atoms in total. The first kappa shape index (κ1) is 16.9. The summed E-state index contributed by atoms with van der Waals surface area (Å²) in [5.41, 5.74) is -0.870. The number of alkyl halides is 3. The van der Waals surface area contributed by atoms with Gasteiger partial charge in [0.1, 0.15) is 11.5 Å². The molecule has 2 aromatic heterocycles. The van der Waals surface area contributed by atoms with Crippen LogP contribution in [0.15, 0.2) is 29.2 Å². The molecule has 0 aliphatic carbocycles. The number of rotatable bonds is 4. The summed E-state index contributed by atoms with van der Waals surface area (Å²) in [6.07, 6.45) is -3.71. The lowest BCUT2D eigenvalue weighted by molar-refractivity contribution is -0.137. The smallest absolute Gasteiger partial charge is 0.311 e. The van der Waals surface area contributed by atoms with Gasteiger partial charge in [0.2, 0.25) is 0 Å². The fraction of sp³-hybridized carbons (Fsp3) is 0.333. The van der Waals surface area contributed by atoms with E-state index in [1.165, 1.54) is 6.07 Å². The number of hydrogen-bond acceptors (Lipinski definition) is 4. The van der Waals surface area contributed by atoms with Crippen LogP contribution in [-0.4, -0.2) is 20.7 Å². The van der Waals surface area contributed by atoms with Crippen molar-refractivity contribution in [3.63, 3.8) is 0 Å². The summed E-state index contributed by atoms with van der Waals surface area (Å²) in [4.78, 5) is 33.6. The zero-order chi connectivity index (χ0) is 17.2. The van der Waals surface area contributed by atoms with Gasteiger partial charge in [-0.1, -0.05) is 6.92 Å². The minimum Gasteiger partial charge on any atom is -0.311 e. The molecule has 2 heterocycles. The van der Waals surface area contributed by atoms with E-state index in [2.05, 4.69) is 15.0 Å². The van der Waals surface area contributed by atoms with E-state index in [0.717, 1.165) is 18.3 Å². The molecule has 1 unspecified atom stereocenters. The van der Waals surface area contributed by atoms with Gasteiger partial charge in [-0.2, -0.15) is 13.2 Å². The number of carbonyl (C=O) groups excluding carboxylic acids is 1. The number of nitrogens with zero attached hydrogens (tertiary/aromatic N) is 2. The van der Waals surface area contributed by atoms with E-state index in [1.54, 1.807) is 13.8 Å². The minimum atomic E-state index is -4.45. The molecule has 0 aliphatic rings. The van der Waals surface area contributed by atoms with E-state index in [4.69, 9.17) is 0 Å². The highest BCUT2D eigenvalue weighted by molar-refractivity contribution is 5.94. The van der Waals surface area contributed by atoms with Crippen molar-refractivity contribution in [2.45, 2.75) is 32.4 Å². The van der Waals surface area contributed by atoms with Gasteiger partial charge in [-0.15, -0.1) is 0 Å². The fourth-order valence-corrected chi connectivity index (χ4v) is 2.07. The van der Waals surface area contributed by atoms with Crippen LogP contribution in [0.5, 0.6) is 0 Å². The zero-order valence-electron chi connectivity index (χ0n) is 12.4. The van der Waals surface area contributed by atoms with Crippen LogP contribution >= 0.6 is 0 Å². The van der Waals surface area contributed by atoms with Crippen LogP contribution in [0.2, 0.25) is 0 Å². The molecule has 0 aliphatic heterocycles.